The molecule has 34 heavy (non-hydrogen) atoms. The first-order valence-corrected chi connectivity index (χ1v) is 12.0. The van der Waals surface area contributed by atoms with Crippen molar-refractivity contribution in [2.24, 2.45) is 0 Å². The Bertz CT molecular complexity index is 1550. The quantitative estimate of drug-likeness (QED) is 0.257. The van der Waals surface area contributed by atoms with Crippen LogP contribution in [0.3, 0.4) is 0 Å². The molecule has 0 bridgehead atoms. The molecule has 0 atom stereocenters. The van der Waals surface area contributed by atoms with Crippen LogP contribution in [0.25, 0.3) is 54.2 Å². The number of fused-ring (bicyclic) bond motifs is 1. The van der Waals surface area contributed by atoms with Crippen LogP contribution < -0.4 is 0 Å². The molecule has 0 aliphatic heterocycles. The summed E-state index contributed by atoms with van der Waals surface area (Å²) in [5, 5.41) is 1.05. The van der Waals surface area contributed by atoms with Crippen LogP contribution in [0.15, 0.2) is 121 Å². The molecule has 6 rings (SSSR count). The molecule has 0 radical (unpaired) electrons. The summed E-state index contributed by atoms with van der Waals surface area (Å²) < 4.78 is 14.7. The maximum atomic E-state index is 13.5. The number of thiazole rings is 1. The molecule has 0 amide bonds. The van der Waals surface area contributed by atoms with Crippen molar-refractivity contribution in [1.82, 2.24) is 4.98 Å². The number of benzene rings is 5. The second kappa shape index (κ2) is 8.69. The number of hydrogen-bond donors (Lipinski definition) is 0. The Kier molecular flexibility index (Phi) is 5.25. The monoisotopic (exact) mass is 457 g/mol. The first-order valence-electron chi connectivity index (χ1n) is 11.2. The third kappa shape index (κ3) is 4.02. The third-order valence-corrected chi connectivity index (χ3v) is 7.11. The summed E-state index contributed by atoms with van der Waals surface area (Å²) in [6.07, 6.45) is 0. The van der Waals surface area contributed by atoms with Crippen LogP contribution >= 0.6 is 11.3 Å². The fourth-order valence-corrected chi connectivity index (χ4v) is 5.15. The largest absolute Gasteiger partial charge is 0.236 e. The van der Waals surface area contributed by atoms with Gasteiger partial charge < -0.3 is 0 Å². The molecule has 6 aromatic rings. The molecular weight excluding hydrogens is 437 g/mol. The Hall–Kier alpha value is -4.08. The lowest BCUT2D eigenvalue weighted by Gasteiger charge is -2.07. The Morgan fingerprint density at radius 2 is 0.971 bits per heavy atom. The van der Waals surface area contributed by atoms with E-state index in [4.69, 9.17) is 4.98 Å². The summed E-state index contributed by atoms with van der Waals surface area (Å²) in [7, 11) is 0. The lowest BCUT2D eigenvalue weighted by atomic mass is 9.98. The van der Waals surface area contributed by atoms with Crippen molar-refractivity contribution in [3.63, 3.8) is 0 Å². The zero-order valence-corrected chi connectivity index (χ0v) is 19.1. The fourth-order valence-electron chi connectivity index (χ4n) is 4.18. The molecular formula is C31H20FNS. The van der Waals surface area contributed by atoms with Gasteiger partial charge in [0.15, 0.2) is 0 Å². The number of hydrogen-bond acceptors (Lipinski definition) is 2. The number of halogens is 1. The second-order valence-electron chi connectivity index (χ2n) is 8.23. The predicted octanol–water partition coefficient (Wildman–Crippen LogP) is 9.10. The second-order valence-corrected chi connectivity index (χ2v) is 9.26. The van der Waals surface area contributed by atoms with Gasteiger partial charge in [-0.25, -0.2) is 9.37 Å². The highest BCUT2D eigenvalue weighted by Gasteiger charge is 2.07. The number of rotatable bonds is 4. The average molecular weight is 458 g/mol. The molecule has 0 N–H and O–H groups in total. The molecule has 0 saturated heterocycles. The van der Waals surface area contributed by atoms with Crippen molar-refractivity contribution in [1.29, 1.82) is 0 Å². The van der Waals surface area contributed by atoms with Gasteiger partial charge in [0.25, 0.3) is 0 Å². The Morgan fingerprint density at radius 1 is 0.471 bits per heavy atom. The lowest BCUT2D eigenvalue weighted by molar-refractivity contribution is 0.628. The Balaban J connectivity index is 1.21. The van der Waals surface area contributed by atoms with E-state index < -0.39 is 0 Å². The zero-order chi connectivity index (χ0) is 22.9. The van der Waals surface area contributed by atoms with Gasteiger partial charge in [0.2, 0.25) is 0 Å². The van der Waals surface area contributed by atoms with Crippen LogP contribution in [0.4, 0.5) is 4.39 Å². The van der Waals surface area contributed by atoms with Crippen molar-refractivity contribution in [2.45, 2.75) is 0 Å². The van der Waals surface area contributed by atoms with Gasteiger partial charge in [-0.3, -0.25) is 0 Å². The molecule has 162 valence electrons. The molecule has 0 unspecified atom stereocenters. The Labute approximate surface area is 201 Å². The SMILES string of the molecule is Fc1cccc(-c2ccc(-c3ccc(-c4ccc(-c5nc6ccccc6s5)cc4)cc3)cc2)c1. The molecule has 0 fully saturated rings. The van der Waals surface area contributed by atoms with Gasteiger partial charge in [0.05, 0.1) is 10.2 Å². The van der Waals surface area contributed by atoms with E-state index in [2.05, 4.69) is 78.9 Å². The van der Waals surface area contributed by atoms with Gasteiger partial charge in [-0.15, -0.1) is 11.3 Å². The van der Waals surface area contributed by atoms with Crippen LogP contribution in [-0.2, 0) is 0 Å². The van der Waals surface area contributed by atoms with Gasteiger partial charge in [-0.1, -0.05) is 97.1 Å². The van der Waals surface area contributed by atoms with E-state index in [-0.39, 0.29) is 5.82 Å². The van der Waals surface area contributed by atoms with E-state index >= 15 is 0 Å². The predicted molar refractivity (Wildman–Crippen MR) is 141 cm³/mol. The van der Waals surface area contributed by atoms with Gasteiger partial charge in [-0.2, -0.15) is 0 Å². The van der Waals surface area contributed by atoms with Gasteiger partial charge in [0.1, 0.15) is 10.8 Å². The summed E-state index contributed by atoms with van der Waals surface area (Å²) in [6.45, 7) is 0. The minimum Gasteiger partial charge on any atom is -0.236 e. The normalized spacial score (nSPS) is 11.1. The summed E-state index contributed by atoms with van der Waals surface area (Å²) in [5.74, 6) is -0.217. The van der Waals surface area contributed by atoms with Crippen LogP contribution in [0.1, 0.15) is 0 Å². The fraction of sp³-hybridized carbons (Fsp3) is 0. The van der Waals surface area contributed by atoms with E-state index in [0.717, 1.165) is 38.3 Å². The standard InChI is InChI=1S/C31H20FNS/c32-28-5-3-4-27(20-28)25-14-12-23(13-15-25)21-8-10-22(11-9-21)24-16-18-26(19-17-24)31-33-29-6-1-2-7-30(29)34-31/h1-20H. The molecule has 1 aromatic heterocycles. The average Bonchev–Trinajstić information content (AvgIpc) is 3.34. The molecule has 0 saturated carbocycles. The van der Waals surface area contributed by atoms with Gasteiger partial charge in [-0.05, 0) is 57.6 Å². The molecule has 1 heterocycles. The maximum absolute atomic E-state index is 13.5. The highest BCUT2D eigenvalue weighted by atomic mass is 32.1. The smallest absolute Gasteiger partial charge is 0.124 e. The third-order valence-electron chi connectivity index (χ3n) is 6.02. The first-order chi connectivity index (χ1) is 16.7. The molecule has 0 aliphatic rings. The maximum Gasteiger partial charge on any atom is 0.124 e. The summed E-state index contributed by atoms with van der Waals surface area (Å²) in [5.41, 5.74) is 8.72. The molecule has 0 spiro atoms. The summed E-state index contributed by atoms with van der Waals surface area (Å²) >= 11 is 1.72. The first kappa shape index (κ1) is 20.5. The molecule has 1 nitrogen and oxygen atoms in total. The van der Waals surface area contributed by atoms with E-state index in [1.54, 1.807) is 23.5 Å². The highest BCUT2D eigenvalue weighted by Crippen LogP contribution is 2.32. The Morgan fingerprint density at radius 3 is 1.50 bits per heavy atom. The summed E-state index contributed by atoms with van der Waals surface area (Å²) in [4.78, 5) is 4.76. The van der Waals surface area contributed by atoms with Crippen LogP contribution in [0.5, 0.6) is 0 Å². The zero-order valence-electron chi connectivity index (χ0n) is 18.3. The highest BCUT2D eigenvalue weighted by molar-refractivity contribution is 7.21. The topological polar surface area (TPSA) is 12.9 Å². The van der Waals surface area contributed by atoms with Crippen molar-refractivity contribution in [3.05, 3.63) is 127 Å². The van der Waals surface area contributed by atoms with Gasteiger partial charge in [0, 0.05) is 5.56 Å². The number of para-hydroxylation sites is 1. The minimum absolute atomic E-state index is 0.217. The van der Waals surface area contributed by atoms with Crippen LogP contribution in [-0.4, -0.2) is 4.98 Å². The molecule has 3 heteroatoms. The van der Waals surface area contributed by atoms with Crippen molar-refractivity contribution < 1.29 is 4.39 Å². The molecule has 0 aliphatic carbocycles. The van der Waals surface area contributed by atoms with E-state index in [0.29, 0.717) is 0 Å². The lowest BCUT2D eigenvalue weighted by Crippen LogP contribution is -1.83. The number of nitrogens with zero attached hydrogens (tertiary/aromatic N) is 1. The van der Waals surface area contributed by atoms with E-state index in [1.165, 1.54) is 21.9 Å². The summed E-state index contributed by atoms with van der Waals surface area (Å²) in [6, 6.07) is 40.4. The van der Waals surface area contributed by atoms with Crippen LogP contribution in [0, 0.1) is 5.82 Å². The minimum atomic E-state index is -0.217. The molecule has 5 aromatic carbocycles. The van der Waals surface area contributed by atoms with Gasteiger partial charge >= 0.3 is 0 Å². The van der Waals surface area contributed by atoms with Crippen molar-refractivity contribution in [3.8, 4) is 44.0 Å². The van der Waals surface area contributed by atoms with Crippen LogP contribution in [0.2, 0.25) is 0 Å². The van der Waals surface area contributed by atoms with E-state index in [1.807, 2.05) is 24.3 Å². The van der Waals surface area contributed by atoms with Crippen molar-refractivity contribution >= 4 is 21.6 Å². The van der Waals surface area contributed by atoms with Crippen molar-refractivity contribution in [2.75, 3.05) is 0 Å². The number of aromatic nitrogens is 1. The van der Waals surface area contributed by atoms with E-state index in [9.17, 15) is 4.39 Å².